The number of carbonyl (C=O) groups excluding carboxylic acids is 1. The maximum absolute atomic E-state index is 12.8. The molecule has 0 spiro atoms. The molecular weight excluding hydrogens is 269 g/mol. The van der Waals surface area contributed by atoms with E-state index in [1.165, 1.54) is 6.92 Å². The normalized spacial score (nSPS) is 12.6. The van der Waals surface area contributed by atoms with Crippen LogP contribution in [0.4, 0.5) is 22.0 Å². The van der Waals surface area contributed by atoms with Crippen molar-refractivity contribution in [3.05, 3.63) is 16.1 Å². The summed E-state index contributed by atoms with van der Waals surface area (Å²) in [4.78, 5) is 14.0. The molecule has 1 aromatic heterocycles. The number of alkyl halides is 5. The minimum absolute atomic E-state index is 0.0264. The third-order valence-corrected chi connectivity index (χ3v) is 2.53. The molecule has 0 fully saturated rings. The van der Waals surface area contributed by atoms with Crippen molar-refractivity contribution in [2.75, 3.05) is 6.61 Å². The number of hydrogen-bond donors (Lipinski definition) is 0. The molecule has 1 rings (SSSR count). The first-order valence-electron chi connectivity index (χ1n) is 4.27. The highest BCUT2D eigenvalue weighted by atomic mass is 32.1. The van der Waals surface area contributed by atoms with E-state index in [4.69, 9.17) is 0 Å². The van der Waals surface area contributed by atoms with Crippen LogP contribution in [0, 0.1) is 0 Å². The Morgan fingerprint density at radius 1 is 1.41 bits per heavy atom. The molecule has 0 aliphatic rings. The Kier molecular flexibility index (Phi) is 3.70. The van der Waals surface area contributed by atoms with Gasteiger partial charge in [0.1, 0.15) is 0 Å². The topological polar surface area (TPSA) is 39.2 Å². The molecule has 0 saturated heterocycles. The van der Waals surface area contributed by atoms with Gasteiger partial charge in [-0.1, -0.05) is 0 Å². The number of thiazole rings is 1. The van der Waals surface area contributed by atoms with Crippen molar-refractivity contribution < 1.29 is 31.5 Å². The SMILES string of the molecule is CCOC(=O)c1csc(C(F)(F)C(F)(F)F)n1. The first-order chi connectivity index (χ1) is 7.70. The number of carbonyl (C=O) groups is 1. The fraction of sp³-hybridized carbons (Fsp3) is 0.500. The van der Waals surface area contributed by atoms with E-state index in [0.717, 1.165) is 5.38 Å². The molecule has 0 atom stereocenters. The van der Waals surface area contributed by atoms with Crippen molar-refractivity contribution in [2.24, 2.45) is 0 Å². The molecule has 1 aromatic rings. The summed E-state index contributed by atoms with van der Waals surface area (Å²) in [6.07, 6.45) is -5.74. The molecule has 0 unspecified atom stereocenters. The van der Waals surface area contributed by atoms with Crippen LogP contribution < -0.4 is 0 Å². The van der Waals surface area contributed by atoms with Gasteiger partial charge in [0.2, 0.25) is 0 Å². The zero-order chi connectivity index (χ0) is 13.3. The Hall–Kier alpha value is -1.25. The van der Waals surface area contributed by atoms with Gasteiger partial charge in [0.05, 0.1) is 6.61 Å². The third kappa shape index (κ3) is 2.71. The molecule has 0 aliphatic carbocycles. The monoisotopic (exact) mass is 275 g/mol. The van der Waals surface area contributed by atoms with E-state index in [9.17, 15) is 26.7 Å². The number of rotatable bonds is 3. The van der Waals surface area contributed by atoms with Gasteiger partial charge in [-0.2, -0.15) is 22.0 Å². The Balaban J connectivity index is 2.99. The van der Waals surface area contributed by atoms with Crippen molar-refractivity contribution in [3.8, 4) is 0 Å². The van der Waals surface area contributed by atoms with Gasteiger partial charge in [-0.3, -0.25) is 0 Å². The summed E-state index contributed by atoms with van der Waals surface area (Å²) >= 11 is 0.0556. The number of aromatic nitrogens is 1. The fourth-order valence-electron chi connectivity index (χ4n) is 0.838. The minimum Gasteiger partial charge on any atom is -0.461 e. The van der Waals surface area contributed by atoms with Crippen LogP contribution in [0.1, 0.15) is 22.4 Å². The first-order valence-corrected chi connectivity index (χ1v) is 5.15. The van der Waals surface area contributed by atoms with Crippen LogP contribution in [0.5, 0.6) is 0 Å². The second-order valence-electron chi connectivity index (χ2n) is 2.83. The van der Waals surface area contributed by atoms with E-state index in [1.54, 1.807) is 0 Å². The molecule has 0 aromatic carbocycles. The Morgan fingerprint density at radius 2 is 2.00 bits per heavy atom. The highest BCUT2D eigenvalue weighted by Crippen LogP contribution is 2.44. The van der Waals surface area contributed by atoms with Gasteiger partial charge in [-0.05, 0) is 6.92 Å². The smallest absolute Gasteiger partial charge is 0.460 e. The van der Waals surface area contributed by atoms with Crippen molar-refractivity contribution in [2.45, 2.75) is 19.0 Å². The molecule has 96 valence electrons. The Morgan fingerprint density at radius 3 is 2.47 bits per heavy atom. The lowest BCUT2D eigenvalue weighted by molar-refractivity contribution is -0.289. The molecule has 3 nitrogen and oxygen atoms in total. The zero-order valence-corrected chi connectivity index (χ0v) is 9.16. The summed E-state index contributed by atoms with van der Waals surface area (Å²) < 4.78 is 65.9. The fourth-order valence-corrected chi connectivity index (χ4v) is 1.62. The highest BCUT2D eigenvalue weighted by molar-refractivity contribution is 7.10. The quantitative estimate of drug-likeness (QED) is 0.629. The van der Waals surface area contributed by atoms with Crippen LogP contribution in [0.3, 0.4) is 0 Å². The molecule has 9 heteroatoms. The highest BCUT2D eigenvalue weighted by Gasteiger charge is 2.61. The predicted molar refractivity (Wildman–Crippen MR) is 48.0 cm³/mol. The maximum Gasteiger partial charge on any atom is 0.460 e. The Bertz CT molecular complexity index is 414. The Labute approximate surface area is 96.2 Å². The molecule has 0 radical (unpaired) electrons. The van der Waals surface area contributed by atoms with Crippen molar-refractivity contribution >= 4 is 17.3 Å². The molecule has 0 aliphatic heterocycles. The molecule has 1 heterocycles. The number of nitrogens with zero attached hydrogens (tertiary/aromatic N) is 1. The van der Waals surface area contributed by atoms with Gasteiger partial charge < -0.3 is 4.74 Å². The van der Waals surface area contributed by atoms with Crippen molar-refractivity contribution in [3.63, 3.8) is 0 Å². The van der Waals surface area contributed by atoms with Gasteiger partial charge in [-0.25, -0.2) is 9.78 Å². The number of esters is 1. The van der Waals surface area contributed by atoms with Crippen LogP contribution in [-0.2, 0) is 10.7 Å². The molecule has 17 heavy (non-hydrogen) atoms. The van der Waals surface area contributed by atoms with Gasteiger partial charge in [-0.15, -0.1) is 11.3 Å². The van der Waals surface area contributed by atoms with E-state index < -0.39 is 28.8 Å². The lowest BCUT2D eigenvalue weighted by Gasteiger charge is -2.16. The average Bonchev–Trinajstić information content (AvgIpc) is 2.65. The number of ether oxygens (including phenoxy) is 1. The molecule has 0 amide bonds. The third-order valence-electron chi connectivity index (χ3n) is 1.61. The van der Waals surface area contributed by atoms with Crippen molar-refractivity contribution in [1.29, 1.82) is 0 Å². The zero-order valence-electron chi connectivity index (χ0n) is 8.35. The molecular formula is C8H6F5NO2S. The van der Waals surface area contributed by atoms with Crippen LogP contribution in [-0.4, -0.2) is 23.7 Å². The lowest BCUT2D eigenvalue weighted by atomic mass is 10.3. The minimum atomic E-state index is -5.74. The standard InChI is InChI=1S/C8H6F5NO2S/c1-2-16-5(15)4-3-17-6(14-4)7(9,10)8(11,12)13/h3H,2H2,1H3. The summed E-state index contributed by atoms with van der Waals surface area (Å²) in [7, 11) is 0. The van der Waals surface area contributed by atoms with E-state index in [-0.39, 0.29) is 17.9 Å². The molecule has 0 bridgehead atoms. The van der Waals surface area contributed by atoms with E-state index in [1.807, 2.05) is 0 Å². The van der Waals surface area contributed by atoms with E-state index in [2.05, 4.69) is 9.72 Å². The van der Waals surface area contributed by atoms with Crippen molar-refractivity contribution in [1.82, 2.24) is 4.98 Å². The summed E-state index contributed by atoms with van der Waals surface area (Å²) in [5.41, 5.74) is -0.559. The summed E-state index contributed by atoms with van der Waals surface area (Å²) in [5.74, 6) is -6.10. The summed E-state index contributed by atoms with van der Waals surface area (Å²) in [6.45, 7) is 1.44. The average molecular weight is 275 g/mol. The second kappa shape index (κ2) is 4.55. The van der Waals surface area contributed by atoms with Crippen LogP contribution in [0.25, 0.3) is 0 Å². The molecule has 0 saturated carbocycles. The van der Waals surface area contributed by atoms with Gasteiger partial charge >= 0.3 is 18.1 Å². The van der Waals surface area contributed by atoms with Crippen LogP contribution >= 0.6 is 11.3 Å². The summed E-state index contributed by atoms with van der Waals surface area (Å²) in [5, 5.41) is -0.680. The van der Waals surface area contributed by atoms with Gasteiger partial charge in [0.15, 0.2) is 10.7 Å². The van der Waals surface area contributed by atoms with Crippen LogP contribution in [0.2, 0.25) is 0 Å². The lowest BCUT2D eigenvalue weighted by Crippen LogP contribution is -2.33. The second-order valence-corrected chi connectivity index (χ2v) is 3.69. The maximum atomic E-state index is 12.8. The van der Waals surface area contributed by atoms with Gasteiger partial charge in [0.25, 0.3) is 0 Å². The van der Waals surface area contributed by atoms with Crippen LogP contribution in [0.15, 0.2) is 5.38 Å². The number of hydrogen-bond acceptors (Lipinski definition) is 4. The molecule has 0 N–H and O–H groups in total. The van der Waals surface area contributed by atoms with E-state index >= 15 is 0 Å². The number of halogens is 5. The first kappa shape index (κ1) is 13.8. The summed E-state index contributed by atoms with van der Waals surface area (Å²) in [6, 6.07) is 0. The van der Waals surface area contributed by atoms with Gasteiger partial charge in [0, 0.05) is 5.38 Å². The predicted octanol–water partition coefficient (Wildman–Crippen LogP) is 2.97. The largest absolute Gasteiger partial charge is 0.461 e. The van der Waals surface area contributed by atoms with E-state index in [0.29, 0.717) is 0 Å².